The van der Waals surface area contributed by atoms with Crippen LogP contribution in [-0.2, 0) is 14.2 Å². The predicted molar refractivity (Wildman–Crippen MR) is 129 cm³/mol. The second-order valence-corrected chi connectivity index (χ2v) is 7.34. The van der Waals surface area contributed by atoms with E-state index in [4.69, 9.17) is 14.6 Å². The van der Waals surface area contributed by atoms with Gasteiger partial charge in [-0.1, -0.05) is 6.92 Å². The molecule has 0 aromatic rings. The average molecular weight is 439 g/mol. The van der Waals surface area contributed by atoms with Gasteiger partial charge in [-0.3, -0.25) is 0 Å². The molecule has 0 saturated heterocycles. The lowest BCUT2D eigenvalue weighted by Crippen LogP contribution is -2.34. The fraction of sp³-hybridized carbons (Fsp3) is 1.00. The Morgan fingerprint density at radius 1 is 0.567 bits per heavy atom. The third-order valence-corrected chi connectivity index (χ3v) is 4.68. The topological polar surface area (TPSA) is 60.9 Å². The quantitative estimate of drug-likeness (QED) is 0.319. The molecule has 0 aromatic carbocycles. The highest BCUT2D eigenvalue weighted by molar-refractivity contribution is 4.58. The third-order valence-electron chi connectivity index (χ3n) is 4.68. The van der Waals surface area contributed by atoms with Crippen molar-refractivity contribution in [1.29, 1.82) is 0 Å². The van der Waals surface area contributed by atoms with E-state index in [1.165, 1.54) is 0 Å². The minimum absolute atomic E-state index is 0.812. The molecule has 0 amide bonds. The summed E-state index contributed by atoms with van der Waals surface area (Å²) in [5, 5.41) is 7.00. The van der Waals surface area contributed by atoms with Gasteiger partial charge in [0, 0.05) is 80.4 Å². The van der Waals surface area contributed by atoms with E-state index in [0.29, 0.717) is 0 Å². The minimum atomic E-state index is 0.812. The SMILES string of the molecule is CCN(C)CCN(C)CCOCCN(C)CCN(C)CCCOC.CCOC.CO. The normalized spacial score (nSPS) is 11.0. The van der Waals surface area contributed by atoms with E-state index in [1.807, 2.05) is 6.92 Å². The third kappa shape index (κ3) is 29.9. The zero-order valence-corrected chi connectivity index (χ0v) is 21.7. The van der Waals surface area contributed by atoms with Crippen molar-refractivity contribution in [2.24, 2.45) is 0 Å². The highest BCUT2D eigenvalue weighted by Crippen LogP contribution is 1.92. The summed E-state index contributed by atoms with van der Waals surface area (Å²) < 4.78 is 15.4. The Balaban J connectivity index is -0.00000108. The first-order valence-corrected chi connectivity index (χ1v) is 11.2. The molecule has 0 aliphatic heterocycles. The standard InChI is InChI=1S/C18H42N4O2.C3H8O.CH4O/c1-7-19(2)10-11-21(4)14-17-24-18-15-22(5)13-12-20(3)9-8-16-23-6;1-3-4-2;1-2/h7-18H2,1-6H3;3H2,1-2H3;2H,1H3. The molecule has 30 heavy (non-hydrogen) atoms. The van der Waals surface area contributed by atoms with Crippen LogP contribution < -0.4 is 0 Å². The lowest BCUT2D eigenvalue weighted by molar-refractivity contribution is 0.0901. The van der Waals surface area contributed by atoms with Gasteiger partial charge in [-0.05, 0) is 48.1 Å². The Kier molecular flexibility index (Phi) is 32.8. The van der Waals surface area contributed by atoms with Gasteiger partial charge in [0.05, 0.1) is 13.2 Å². The maximum atomic E-state index is 7.00. The number of hydrogen-bond acceptors (Lipinski definition) is 8. The Morgan fingerprint density at radius 3 is 1.33 bits per heavy atom. The molecular weight excluding hydrogens is 384 g/mol. The summed E-state index contributed by atoms with van der Waals surface area (Å²) in [5.74, 6) is 0. The van der Waals surface area contributed by atoms with Gasteiger partial charge in [0.2, 0.25) is 0 Å². The van der Waals surface area contributed by atoms with Crippen molar-refractivity contribution in [2.75, 3.05) is 128 Å². The number of nitrogens with zero attached hydrogens (tertiary/aromatic N) is 4. The minimum Gasteiger partial charge on any atom is -0.400 e. The number of likely N-dealkylation sites (N-methyl/N-ethyl adjacent to an activating group) is 4. The molecule has 0 heterocycles. The first-order chi connectivity index (χ1) is 14.4. The summed E-state index contributed by atoms with van der Waals surface area (Å²) in [7, 11) is 13.1. The van der Waals surface area contributed by atoms with Gasteiger partial charge in [0.1, 0.15) is 0 Å². The van der Waals surface area contributed by atoms with E-state index >= 15 is 0 Å². The molecule has 1 N–H and O–H groups in total. The van der Waals surface area contributed by atoms with Crippen LogP contribution in [0.25, 0.3) is 0 Å². The lowest BCUT2D eigenvalue weighted by atomic mass is 10.4. The predicted octanol–water partition coefficient (Wildman–Crippen LogP) is 1.05. The van der Waals surface area contributed by atoms with Gasteiger partial charge in [0.25, 0.3) is 0 Å². The van der Waals surface area contributed by atoms with E-state index in [9.17, 15) is 0 Å². The first kappa shape index (κ1) is 34.3. The van der Waals surface area contributed by atoms with Crippen LogP contribution in [0.5, 0.6) is 0 Å². The zero-order valence-electron chi connectivity index (χ0n) is 21.7. The Bertz CT molecular complexity index is 300. The van der Waals surface area contributed by atoms with Crippen molar-refractivity contribution >= 4 is 0 Å². The summed E-state index contributed by atoms with van der Waals surface area (Å²) in [6.07, 6.45) is 1.10. The van der Waals surface area contributed by atoms with Crippen LogP contribution in [0.4, 0.5) is 0 Å². The van der Waals surface area contributed by atoms with Crippen molar-refractivity contribution in [3.63, 3.8) is 0 Å². The highest BCUT2D eigenvalue weighted by atomic mass is 16.5. The van der Waals surface area contributed by atoms with E-state index < -0.39 is 0 Å². The molecule has 0 fully saturated rings. The second kappa shape index (κ2) is 28.7. The van der Waals surface area contributed by atoms with Crippen LogP contribution >= 0.6 is 0 Å². The molecule has 0 aromatic heterocycles. The molecule has 186 valence electrons. The Labute approximate surface area is 188 Å². The fourth-order valence-electron chi connectivity index (χ4n) is 2.20. The summed E-state index contributed by atoms with van der Waals surface area (Å²) in [6, 6.07) is 0. The zero-order chi connectivity index (χ0) is 23.6. The van der Waals surface area contributed by atoms with E-state index in [2.05, 4.69) is 59.5 Å². The molecule has 8 heteroatoms. The number of methoxy groups -OCH3 is 2. The van der Waals surface area contributed by atoms with Crippen molar-refractivity contribution in [1.82, 2.24) is 19.6 Å². The summed E-state index contributed by atoms with van der Waals surface area (Å²) >= 11 is 0. The smallest absolute Gasteiger partial charge is 0.0593 e. The van der Waals surface area contributed by atoms with Gasteiger partial charge in [0.15, 0.2) is 0 Å². The molecule has 0 aliphatic rings. The molecule has 0 saturated carbocycles. The van der Waals surface area contributed by atoms with Crippen molar-refractivity contribution in [3.05, 3.63) is 0 Å². The van der Waals surface area contributed by atoms with Gasteiger partial charge in [-0.25, -0.2) is 0 Å². The largest absolute Gasteiger partial charge is 0.400 e. The highest BCUT2D eigenvalue weighted by Gasteiger charge is 2.03. The van der Waals surface area contributed by atoms with Crippen LogP contribution in [0.15, 0.2) is 0 Å². The maximum absolute atomic E-state index is 7.00. The van der Waals surface area contributed by atoms with Crippen LogP contribution in [0, 0.1) is 0 Å². The van der Waals surface area contributed by atoms with E-state index in [1.54, 1.807) is 14.2 Å². The second-order valence-electron chi connectivity index (χ2n) is 7.34. The van der Waals surface area contributed by atoms with Crippen molar-refractivity contribution in [3.8, 4) is 0 Å². The molecule has 0 radical (unpaired) electrons. The molecule has 0 aliphatic carbocycles. The van der Waals surface area contributed by atoms with Gasteiger partial charge < -0.3 is 38.9 Å². The fourth-order valence-corrected chi connectivity index (χ4v) is 2.20. The number of ether oxygens (including phenoxy) is 3. The monoisotopic (exact) mass is 438 g/mol. The number of hydrogen-bond donors (Lipinski definition) is 1. The van der Waals surface area contributed by atoms with Gasteiger partial charge in [-0.15, -0.1) is 0 Å². The average Bonchev–Trinajstić information content (AvgIpc) is 2.77. The first-order valence-electron chi connectivity index (χ1n) is 11.2. The Morgan fingerprint density at radius 2 is 0.967 bits per heavy atom. The maximum Gasteiger partial charge on any atom is 0.0593 e. The van der Waals surface area contributed by atoms with Crippen LogP contribution in [0.3, 0.4) is 0 Å². The number of aliphatic hydroxyl groups excluding tert-OH is 1. The summed E-state index contributed by atoms with van der Waals surface area (Å²) in [6.45, 7) is 16.0. The summed E-state index contributed by atoms with van der Waals surface area (Å²) in [5.41, 5.74) is 0. The molecule has 0 rings (SSSR count). The number of aliphatic hydroxyl groups is 1. The lowest BCUT2D eigenvalue weighted by Gasteiger charge is -2.22. The van der Waals surface area contributed by atoms with E-state index in [0.717, 1.165) is 92.3 Å². The molecular formula is C22H54N4O4. The van der Waals surface area contributed by atoms with Crippen molar-refractivity contribution < 1.29 is 19.3 Å². The molecule has 8 nitrogen and oxygen atoms in total. The van der Waals surface area contributed by atoms with Gasteiger partial charge in [-0.2, -0.15) is 0 Å². The molecule has 0 atom stereocenters. The van der Waals surface area contributed by atoms with E-state index in [-0.39, 0.29) is 0 Å². The molecule has 0 unspecified atom stereocenters. The summed E-state index contributed by atoms with van der Waals surface area (Å²) in [4.78, 5) is 9.37. The molecule has 0 spiro atoms. The number of rotatable bonds is 18. The van der Waals surface area contributed by atoms with Crippen molar-refractivity contribution in [2.45, 2.75) is 20.3 Å². The van der Waals surface area contributed by atoms with Crippen LogP contribution in [0.2, 0.25) is 0 Å². The van der Waals surface area contributed by atoms with Crippen LogP contribution in [0.1, 0.15) is 20.3 Å². The Hall–Kier alpha value is -0.320. The van der Waals surface area contributed by atoms with Crippen LogP contribution in [-0.4, -0.2) is 153 Å². The van der Waals surface area contributed by atoms with Gasteiger partial charge >= 0.3 is 0 Å². The molecule has 0 bridgehead atoms.